The second kappa shape index (κ2) is 14.4. The molecular formula is C29H41FN4O5. The van der Waals surface area contributed by atoms with E-state index in [1.165, 1.54) is 12.1 Å². The Balaban J connectivity index is 2.27. The first kappa shape index (κ1) is 31.4. The predicted molar refractivity (Wildman–Crippen MR) is 150 cm³/mol. The molecule has 0 aliphatic carbocycles. The first-order valence-corrected chi connectivity index (χ1v) is 13.1. The van der Waals surface area contributed by atoms with Gasteiger partial charge < -0.3 is 29.7 Å². The van der Waals surface area contributed by atoms with Gasteiger partial charge in [0.15, 0.2) is 0 Å². The van der Waals surface area contributed by atoms with Gasteiger partial charge in [0, 0.05) is 18.8 Å². The van der Waals surface area contributed by atoms with Gasteiger partial charge in [0.1, 0.15) is 40.5 Å². The van der Waals surface area contributed by atoms with E-state index in [4.69, 9.17) is 19.2 Å². The molecule has 1 amide bonds. The van der Waals surface area contributed by atoms with Crippen molar-refractivity contribution in [3.8, 4) is 5.75 Å². The Labute approximate surface area is 230 Å². The number of amidine groups is 1. The molecule has 1 heterocycles. The lowest BCUT2D eigenvalue weighted by atomic mass is 10.1. The van der Waals surface area contributed by atoms with Crippen LogP contribution in [-0.2, 0) is 14.3 Å². The monoisotopic (exact) mass is 544 g/mol. The highest BCUT2D eigenvalue weighted by Crippen LogP contribution is 2.30. The fourth-order valence-corrected chi connectivity index (χ4v) is 3.56. The fraction of sp³-hybridized carbons (Fsp3) is 0.483. The third kappa shape index (κ3) is 10.1. The number of carbonyl (C=O) groups is 2. The molecule has 39 heavy (non-hydrogen) atoms. The van der Waals surface area contributed by atoms with Crippen LogP contribution in [0.25, 0.3) is 0 Å². The lowest BCUT2D eigenvalue weighted by Gasteiger charge is -2.27. The van der Waals surface area contributed by atoms with Crippen molar-refractivity contribution in [2.45, 2.75) is 72.6 Å². The lowest BCUT2D eigenvalue weighted by Crippen LogP contribution is -2.37. The standard InChI is InChI=1S/C29H41FN4O5/c1-9-11-12-22(27(35)37-10-2)26-33-25(15-16-34(26)8)32-20(4)23-17-21(30)13-14-24(23)38-19(3)18-31-28(36)39-29(5,6)7/h11-17,19-20H,9-10,18H2,1-8H3,(H,31,36)(H,32,33)/b12-11+,26-22+. The zero-order valence-corrected chi connectivity index (χ0v) is 24.1. The number of hydrogen-bond acceptors (Lipinski definition) is 7. The van der Waals surface area contributed by atoms with Gasteiger partial charge in [-0.25, -0.2) is 14.0 Å². The van der Waals surface area contributed by atoms with Crippen molar-refractivity contribution in [3.63, 3.8) is 0 Å². The summed E-state index contributed by atoms with van der Waals surface area (Å²) in [5.41, 5.74) is 0.289. The van der Waals surface area contributed by atoms with Crippen molar-refractivity contribution in [2.24, 2.45) is 4.99 Å². The molecule has 2 N–H and O–H groups in total. The quantitative estimate of drug-likeness (QED) is 0.302. The second-order valence-electron chi connectivity index (χ2n) is 10.0. The maximum atomic E-state index is 14.3. The number of esters is 1. The van der Waals surface area contributed by atoms with Crippen molar-refractivity contribution in [2.75, 3.05) is 20.2 Å². The van der Waals surface area contributed by atoms with E-state index in [-0.39, 0.29) is 13.2 Å². The Bertz CT molecular complexity index is 1140. The topological polar surface area (TPSA) is 101 Å². The van der Waals surface area contributed by atoms with Crippen LogP contribution in [0.15, 0.2) is 59.0 Å². The number of halogens is 1. The minimum absolute atomic E-state index is 0.196. The van der Waals surface area contributed by atoms with Gasteiger partial charge in [0.2, 0.25) is 0 Å². The number of alkyl carbamates (subject to hydrolysis) is 1. The van der Waals surface area contributed by atoms with Gasteiger partial charge in [-0.2, -0.15) is 0 Å². The molecule has 2 atom stereocenters. The van der Waals surface area contributed by atoms with E-state index in [1.807, 2.05) is 27.0 Å². The molecule has 1 aromatic carbocycles. The maximum Gasteiger partial charge on any atom is 0.407 e. The minimum Gasteiger partial charge on any atom is -0.489 e. The van der Waals surface area contributed by atoms with Crippen LogP contribution in [0, 0.1) is 5.82 Å². The van der Waals surface area contributed by atoms with Crippen LogP contribution < -0.4 is 15.4 Å². The zero-order chi connectivity index (χ0) is 29.2. The number of hydrogen-bond donors (Lipinski definition) is 2. The summed E-state index contributed by atoms with van der Waals surface area (Å²) in [6.45, 7) is 13.1. The second-order valence-corrected chi connectivity index (χ2v) is 10.0. The van der Waals surface area contributed by atoms with E-state index in [0.717, 1.165) is 6.42 Å². The maximum absolute atomic E-state index is 14.3. The summed E-state index contributed by atoms with van der Waals surface area (Å²) in [5, 5.41) is 5.88. The van der Waals surface area contributed by atoms with E-state index >= 15 is 0 Å². The van der Waals surface area contributed by atoms with Crippen molar-refractivity contribution in [3.05, 3.63) is 65.4 Å². The summed E-state index contributed by atoms with van der Waals surface area (Å²) in [6.07, 6.45) is 6.93. The van der Waals surface area contributed by atoms with Gasteiger partial charge in [-0.3, -0.25) is 4.99 Å². The first-order chi connectivity index (χ1) is 18.3. The molecule has 0 fully saturated rings. The average Bonchev–Trinajstić information content (AvgIpc) is 2.85. The third-order valence-corrected chi connectivity index (χ3v) is 5.34. The van der Waals surface area contributed by atoms with Gasteiger partial charge >= 0.3 is 12.1 Å². The first-order valence-electron chi connectivity index (χ1n) is 13.1. The van der Waals surface area contributed by atoms with Crippen molar-refractivity contribution < 1.29 is 28.2 Å². The lowest BCUT2D eigenvalue weighted by molar-refractivity contribution is -0.138. The molecule has 0 bridgehead atoms. The van der Waals surface area contributed by atoms with E-state index in [2.05, 4.69) is 10.6 Å². The highest BCUT2D eigenvalue weighted by atomic mass is 19.1. The van der Waals surface area contributed by atoms with Crippen LogP contribution in [-0.4, -0.2) is 54.7 Å². The molecule has 0 aromatic heterocycles. The molecule has 1 aromatic rings. The highest BCUT2D eigenvalue weighted by Gasteiger charge is 2.22. The SMILES string of the molecule is CC/C=C/C(C(=O)OCC)=C1/NC(=NC(C)c2cc(F)ccc2OC(C)CNC(=O)OC(C)(C)C)C=CN1C. The normalized spacial score (nSPS) is 17.5. The van der Waals surface area contributed by atoms with Gasteiger partial charge in [0.25, 0.3) is 0 Å². The molecular weight excluding hydrogens is 503 g/mol. The summed E-state index contributed by atoms with van der Waals surface area (Å²) >= 11 is 0. The smallest absolute Gasteiger partial charge is 0.407 e. The molecule has 0 radical (unpaired) electrons. The summed E-state index contributed by atoms with van der Waals surface area (Å²) < 4.78 is 30.8. The number of rotatable bonds is 10. The number of benzene rings is 1. The molecule has 10 heteroatoms. The molecule has 1 aliphatic heterocycles. The van der Waals surface area contributed by atoms with Crippen LogP contribution in [0.4, 0.5) is 9.18 Å². The van der Waals surface area contributed by atoms with Crippen LogP contribution in [0.5, 0.6) is 5.75 Å². The third-order valence-electron chi connectivity index (χ3n) is 5.34. The molecule has 0 spiro atoms. The largest absolute Gasteiger partial charge is 0.489 e. The van der Waals surface area contributed by atoms with Crippen LogP contribution >= 0.6 is 0 Å². The number of nitrogens with one attached hydrogen (secondary N) is 2. The highest BCUT2D eigenvalue weighted by molar-refractivity contribution is 5.98. The number of allylic oxidation sites excluding steroid dienone is 1. The summed E-state index contributed by atoms with van der Waals surface area (Å²) in [7, 11) is 1.81. The van der Waals surface area contributed by atoms with Crippen LogP contribution in [0.1, 0.15) is 66.5 Å². The Morgan fingerprint density at radius 2 is 1.95 bits per heavy atom. The summed E-state index contributed by atoms with van der Waals surface area (Å²) in [6, 6.07) is 3.73. The molecule has 0 saturated heterocycles. The summed E-state index contributed by atoms with van der Waals surface area (Å²) in [4.78, 5) is 31.1. The van der Waals surface area contributed by atoms with Gasteiger partial charge in [-0.1, -0.05) is 13.0 Å². The number of carbonyl (C=O) groups excluding carboxylic acids is 2. The Morgan fingerprint density at radius 3 is 2.59 bits per heavy atom. The molecule has 2 unspecified atom stereocenters. The van der Waals surface area contributed by atoms with Crippen LogP contribution in [0.2, 0.25) is 0 Å². The Morgan fingerprint density at radius 1 is 1.23 bits per heavy atom. The molecule has 0 saturated carbocycles. The number of nitrogens with zero attached hydrogens (tertiary/aromatic N) is 2. The summed E-state index contributed by atoms with van der Waals surface area (Å²) in [5.74, 6) is 0.568. The van der Waals surface area contributed by atoms with Crippen molar-refractivity contribution >= 4 is 17.9 Å². The molecule has 214 valence electrons. The van der Waals surface area contributed by atoms with E-state index < -0.39 is 35.6 Å². The predicted octanol–water partition coefficient (Wildman–Crippen LogP) is 5.37. The van der Waals surface area contributed by atoms with Crippen LogP contribution in [0.3, 0.4) is 0 Å². The van der Waals surface area contributed by atoms with Gasteiger partial charge in [-0.15, -0.1) is 0 Å². The Hall–Kier alpha value is -3.82. The van der Waals surface area contributed by atoms with Crippen molar-refractivity contribution in [1.29, 1.82) is 0 Å². The number of amides is 1. The van der Waals surface area contributed by atoms with E-state index in [1.54, 1.807) is 63.9 Å². The van der Waals surface area contributed by atoms with Crippen molar-refractivity contribution in [1.82, 2.24) is 15.5 Å². The zero-order valence-electron chi connectivity index (χ0n) is 24.1. The van der Waals surface area contributed by atoms with Gasteiger partial charge in [-0.05, 0) is 78.3 Å². The van der Waals surface area contributed by atoms with E-state index in [9.17, 15) is 14.0 Å². The number of aliphatic imine (C=N–C) groups is 1. The Kier molecular flexibility index (Phi) is 11.6. The van der Waals surface area contributed by atoms with Gasteiger partial charge in [0.05, 0.1) is 19.2 Å². The number of ether oxygens (including phenoxy) is 3. The minimum atomic E-state index is -0.609. The molecule has 9 nitrogen and oxygen atoms in total. The fourth-order valence-electron chi connectivity index (χ4n) is 3.56. The van der Waals surface area contributed by atoms with E-state index in [0.29, 0.717) is 28.5 Å². The molecule has 1 aliphatic rings. The average molecular weight is 545 g/mol. The molecule has 2 rings (SSSR count).